The highest BCUT2D eigenvalue weighted by Gasteiger charge is 2.21. The minimum atomic E-state index is 0.0873. The summed E-state index contributed by atoms with van der Waals surface area (Å²) >= 11 is 0. The lowest BCUT2D eigenvalue weighted by molar-refractivity contribution is 0.0159. The summed E-state index contributed by atoms with van der Waals surface area (Å²) in [6, 6.07) is 5.96. The summed E-state index contributed by atoms with van der Waals surface area (Å²) in [5.41, 5.74) is 8.01. The second kappa shape index (κ2) is 8.10. The first-order valence-electron chi connectivity index (χ1n) is 7.75. The third kappa shape index (κ3) is 4.25. The molecule has 0 saturated carbocycles. The molecule has 2 rings (SSSR count). The first-order valence-corrected chi connectivity index (χ1v) is 7.75. The zero-order valence-corrected chi connectivity index (χ0v) is 12.8. The number of ether oxygens (including phenoxy) is 2. The summed E-state index contributed by atoms with van der Waals surface area (Å²) in [5.74, 6) is 0.771. The fourth-order valence-electron chi connectivity index (χ4n) is 2.63. The summed E-state index contributed by atoms with van der Waals surface area (Å²) < 4.78 is 11.3. The lowest BCUT2D eigenvalue weighted by Crippen LogP contribution is -2.37. The van der Waals surface area contributed by atoms with Crippen molar-refractivity contribution in [3.63, 3.8) is 0 Å². The number of hydrogen-bond acceptors (Lipinski definition) is 5. The third-order valence-corrected chi connectivity index (χ3v) is 3.73. The molecule has 5 heteroatoms. The molecule has 0 atom stereocenters. The average molecular weight is 294 g/mol. The number of nitrogens with zero attached hydrogens (tertiary/aromatic N) is 1. The van der Waals surface area contributed by atoms with Crippen molar-refractivity contribution >= 4 is 11.4 Å². The van der Waals surface area contributed by atoms with E-state index in [1.165, 1.54) is 0 Å². The normalized spacial score (nSPS) is 16.2. The molecule has 0 bridgehead atoms. The zero-order chi connectivity index (χ0) is 15.1. The smallest absolute Gasteiger partial charge is 0.144 e. The maximum Gasteiger partial charge on any atom is 0.144 e. The summed E-state index contributed by atoms with van der Waals surface area (Å²) in [6.07, 6.45) is 3.13. The lowest BCUT2D eigenvalue weighted by Gasteiger charge is -2.34. The van der Waals surface area contributed by atoms with Crippen LogP contribution >= 0.6 is 0 Å². The fourth-order valence-corrected chi connectivity index (χ4v) is 2.63. The van der Waals surface area contributed by atoms with E-state index in [1.807, 2.05) is 18.2 Å². The van der Waals surface area contributed by atoms with E-state index in [2.05, 4.69) is 11.8 Å². The number of nitrogens with two attached hydrogens (primary N) is 1. The fraction of sp³-hybridized carbons (Fsp3) is 0.625. The Balaban J connectivity index is 1.96. The van der Waals surface area contributed by atoms with Crippen molar-refractivity contribution in [2.45, 2.75) is 32.3 Å². The van der Waals surface area contributed by atoms with Gasteiger partial charge in [-0.3, -0.25) is 0 Å². The van der Waals surface area contributed by atoms with Crippen LogP contribution in [0.4, 0.5) is 11.4 Å². The molecule has 118 valence electrons. The lowest BCUT2D eigenvalue weighted by atomic mass is 10.1. The van der Waals surface area contributed by atoms with Crippen LogP contribution in [0.5, 0.6) is 5.75 Å². The van der Waals surface area contributed by atoms with Crippen LogP contribution in [0, 0.1) is 0 Å². The Kier molecular flexibility index (Phi) is 6.14. The van der Waals surface area contributed by atoms with Crippen molar-refractivity contribution < 1.29 is 14.6 Å². The third-order valence-electron chi connectivity index (χ3n) is 3.73. The molecule has 1 aliphatic rings. The number of rotatable bonds is 7. The Bertz CT molecular complexity index is 432. The van der Waals surface area contributed by atoms with Gasteiger partial charge in [0.25, 0.3) is 0 Å². The first-order chi connectivity index (χ1) is 10.3. The second-order valence-corrected chi connectivity index (χ2v) is 5.32. The van der Waals surface area contributed by atoms with E-state index in [9.17, 15) is 0 Å². The number of benzene rings is 1. The highest BCUT2D eigenvalue weighted by Crippen LogP contribution is 2.34. The van der Waals surface area contributed by atoms with Crippen LogP contribution in [0.2, 0.25) is 0 Å². The average Bonchev–Trinajstić information content (AvgIpc) is 2.52. The van der Waals surface area contributed by atoms with Crippen LogP contribution in [0.1, 0.15) is 26.2 Å². The highest BCUT2D eigenvalue weighted by molar-refractivity contribution is 5.74. The Morgan fingerprint density at radius 2 is 2.05 bits per heavy atom. The molecule has 1 aliphatic heterocycles. The van der Waals surface area contributed by atoms with Gasteiger partial charge in [0, 0.05) is 13.1 Å². The maximum absolute atomic E-state index is 8.80. The van der Waals surface area contributed by atoms with Crippen LogP contribution in [-0.2, 0) is 4.74 Å². The molecule has 1 aromatic rings. The van der Waals surface area contributed by atoms with Gasteiger partial charge in [0.2, 0.25) is 0 Å². The Morgan fingerprint density at radius 1 is 1.29 bits per heavy atom. The van der Waals surface area contributed by atoms with Gasteiger partial charge in [0.05, 0.1) is 37.3 Å². The van der Waals surface area contributed by atoms with E-state index < -0.39 is 0 Å². The van der Waals surface area contributed by atoms with Gasteiger partial charge in [-0.1, -0.05) is 13.0 Å². The minimum Gasteiger partial charge on any atom is -0.491 e. The second-order valence-electron chi connectivity index (χ2n) is 5.32. The topological polar surface area (TPSA) is 68.0 Å². The molecule has 0 radical (unpaired) electrons. The van der Waals surface area contributed by atoms with Crippen molar-refractivity contribution in [2.75, 3.05) is 43.5 Å². The van der Waals surface area contributed by atoms with Gasteiger partial charge < -0.3 is 25.2 Å². The molecule has 5 nitrogen and oxygen atoms in total. The van der Waals surface area contributed by atoms with Gasteiger partial charge in [-0.05, 0) is 31.4 Å². The van der Waals surface area contributed by atoms with Gasteiger partial charge in [-0.25, -0.2) is 0 Å². The highest BCUT2D eigenvalue weighted by atomic mass is 16.5. The standard InChI is InChI=1S/C16H26N2O3/c1-2-11-21-15-5-3-4-14(16(15)17)18-8-6-13(7-9-18)20-12-10-19/h3-5,13,19H,2,6-12,17H2,1H3. The number of para-hydroxylation sites is 1. The summed E-state index contributed by atoms with van der Waals surface area (Å²) in [4.78, 5) is 2.28. The summed E-state index contributed by atoms with van der Waals surface area (Å²) in [7, 11) is 0. The van der Waals surface area contributed by atoms with Crippen molar-refractivity contribution in [3.8, 4) is 5.75 Å². The molecule has 1 saturated heterocycles. The molecule has 1 aromatic carbocycles. The Labute approximate surface area is 126 Å². The van der Waals surface area contributed by atoms with Crippen molar-refractivity contribution in [2.24, 2.45) is 0 Å². The number of anilines is 2. The number of aliphatic hydroxyl groups excluding tert-OH is 1. The van der Waals surface area contributed by atoms with Crippen LogP contribution in [0.3, 0.4) is 0 Å². The number of piperidine rings is 1. The monoisotopic (exact) mass is 294 g/mol. The van der Waals surface area contributed by atoms with Gasteiger partial charge in [-0.15, -0.1) is 0 Å². The van der Waals surface area contributed by atoms with E-state index in [0.29, 0.717) is 13.2 Å². The van der Waals surface area contributed by atoms with Gasteiger partial charge in [0.15, 0.2) is 0 Å². The number of aliphatic hydroxyl groups is 1. The minimum absolute atomic E-state index is 0.0873. The SMILES string of the molecule is CCCOc1cccc(N2CCC(OCCO)CC2)c1N. The summed E-state index contributed by atoms with van der Waals surface area (Å²) in [5, 5.41) is 8.80. The van der Waals surface area contributed by atoms with Crippen LogP contribution in [0.15, 0.2) is 18.2 Å². The van der Waals surface area contributed by atoms with Crippen LogP contribution in [-0.4, -0.2) is 44.1 Å². The number of nitrogen functional groups attached to an aromatic ring is 1. The van der Waals surface area contributed by atoms with Gasteiger partial charge >= 0.3 is 0 Å². The molecule has 0 aromatic heterocycles. The Hall–Kier alpha value is -1.46. The Morgan fingerprint density at radius 3 is 2.71 bits per heavy atom. The largest absolute Gasteiger partial charge is 0.491 e. The van der Waals surface area contributed by atoms with Gasteiger partial charge in [-0.2, -0.15) is 0 Å². The van der Waals surface area contributed by atoms with E-state index in [0.717, 1.165) is 49.5 Å². The van der Waals surface area contributed by atoms with Crippen molar-refractivity contribution in [1.29, 1.82) is 0 Å². The molecule has 0 amide bonds. The predicted molar refractivity (Wildman–Crippen MR) is 84.9 cm³/mol. The quantitative estimate of drug-likeness (QED) is 0.753. The van der Waals surface area contributed by atoms with Crippen molar-refractivity contribution in [1.82, 2.24) is 0 Å². The van der Waals surface area contributed by atoms with Crippen LogP contribution < -0.4 is 15.4 Å². The zero-order valence-electron chi connectivity index (χ0n) is 12.8. The molecular weight excluding hydrogens is 268 g/mol. The van der Waals surface area contributed by atoms with E-state index >= 15 is 0 Å². The van der Waals surface area contributed by atoms with E-state index in [1.54, 1.807) is 0 Å². The first kappa shape index (κ1) is 15.9. The maximum atomic E-state index is 8.80. The molecular formula is C16H26N2O3. The van der Waals surface area contributed by atoms with Crippen molar-refractivity contribution in [3.05, 3.63) is 18.2 Å². The molecule has 3 N–H and O–H groups in total. The molecule has 0 aliphatic carbocycles. The number of hydrogen-bond donors (Lipinski definition) is 2. The van der Waals surface area contributed by atoms with Crippen LogP contribution in [0.25, 0.3) is 0 Å². The molecule has 0 spiro atoms. The molecule has 1 fully saturated rings. The van der Waals surface area contributed by atoms with Gasteiger partial charge in [0.1, 0.15) is 5.75 Å². The van der Waals surface area contributed by atoms with E-state index in [-0.39, 0.29) is 12.7 Å². The molecule has 0 unspecified atom stereocenters. The molecule has 1 heterocycles. The predicted octanol–water partition coefficient (Wildman–Crippen LogP) is 2.04. The van der Waals surface area contributed by atoms with E-state index in [4.69, 9.17) is 20.3 Å². The summed E-state index contributed by atoms with van der Waals surface area (Å²) in [6.45, 7) is 5.11. The molecule has 21 heavy (non-hydrogen) atoms.